The molecule has 168 valence electrons. The van der Waals surface area contributed by atoms with E-state index in [1.165, 1.54) is 7.11 Å². The van der Waals surface area contributed by atoms with E-state index >= 15 is 0 Å². The van der Waals surface area contributed by atoms with Gasteiger partial charge in [0.2, 0.25) is 5.55 Å². The Balaban J connectivity index is 1.95. The van der Waals surface area contributed by atoms with Crippen molar-refractivity contribution in [3.63, 3.8) is 0 Å². The van der Waals surface area contributed by atoms with Crippen molar-refractivity contribution in [1.29, 1.82) is 0 Å². The number of carbonyl (C=O) groups excluding carboxylic acids is 1. The maximum Gasteiger partial charge on any atom is 0.261 e. The highest BCUT2D eigenvalue weighted by Gasteiger charge is 2.18. The fraction of sp³-hybridized carbons (Fsp3) is 0.160. The normalized spacial score (nSPS) is 11.5. The molecular weight excluding hydrogens is 422 g/mol. The molecule has 0 atom stereocenters. The van der Waals surface area contributed by atoms with Crippen molar-refractivity contribution in [2.24, 2.45) is 4.99 Å². The average molecular weight is 445 g/mol. The van der Waals surface area contributed by atoms with E-state index in [2.05, 4.69) is 15.3 Å². The summed E-state index contributed by atoms with van der Waals surface area (Å²) >= 11 is 0. The lowest BCUT2D eigenvalue weighted by atomic mass is 10.1. The number of aliphatic hydroxyl groups is 1. The van der Waals surface area contributed by atoms with Crippen LogP contribution in [0.2, 0.25) is 0 Å². The molecule has 2 aromatic carbocycles. The number of aryl methyl sites for hydroxylation is 1. The quantitative estimate of drug-likeness (QED) is 0.462. The third kappa shape index (κ3) is 4.42. The Morgan fingerprint density at radius 3 is 2.52 bits per heavy atom. The molecule has 2 N–H and O–H groups in total. The molecule has 0 aliphatic carbocycles. The zero-order valence-corrected chi connectivity index (χ0v) is 18.5. The number of pyridine rings is 1. The van der Waals surface area contributed by atoms with Crippen LogP contribution in [0.25, 0.3) is 11.0 Å². The number of nitrogens with one attached hydrogen (secondary N) is 1. The molecule has 0 radical (unpaired) electrons. The number of hydrogen-bond acceptors (Lipinski definition) is 7. The Morgan fingerprint density at radius 2 is 1.79 bits per heavy atom. The smallest absolute Gasteiger partial charge is 0.261 e. The number of ether oxygens (including phenoxy) is 2. The predicted octanol–water partition coefficient (Wildman–Crippen LogP) is 4.13. The predicted molar refractivity (Wildman–Crippen MR) is 124 cm³/mol. The van der Waals surface area contributed by atoms with E-state index in [9.17, 15) is 9.90 Å². The van der Waals surface area contributed by atoms with Crippen molar-refractivity contribution in [3.05, 3.63) is 83.2 Å². The molecule has 0 aliphatic rings. The van der Waals surface area contributed by atoms with Gasteiger partial charge in [-0.05, 0) is 37.3 Å². The van der Waals surface area contributed by atoms with Gasteiger partial charge in [0.15, 0.2) is 5.58 Å². The minimum absolute atomic E-state index is 0.0828. The molecule has 0 saturated heterocycles. The van der Waals surface area contributed by atoms with Gasteiger partial charge >= 0.3 is 0 Å². The molecule has 1 amide bonds. The minimum Gasteiger partial charge on any atom is -0.495 e. The molecule has 0 unspecified atom stereocenters. The molecule has 2 aromatic heterocycles. The highest BCUT2D eigenvalue weighted by Crippen LogP contribution is 2.28. The first-order valence-corrected chi connectivity index (χ1v) is 10.2. The summed E-state index contributed by atoms with van der Waals surface area (Å²) in [6, 6.07) is 15.9. The molecule has 4 aromatic rings. The lowest BCUT2D eigenvalue weighted by molar-refractivity contribution is 0.102. The van der Waals surface area contributed by atoms with E-state index in [0.717, 1.165) is 0 Å². The Hall–Kier alpha value is -4.17. The molecule has 0 fully saturated rings. The summed E-state index contributed by atoms with van der Waals surface area (Å²) in [5.41, 5.74) is 2.84. The number of para-hydroxylation sites is 4. The number of carbonyl (C=O) groups is 1. The fourth-order valence-corrected chi connectivity index (χ4v) is 3.43. The number of aromatic nitrogens is 1. The van der Waals surface area contributed by atoms with Crippen LogP contribution in [0.4, 0.5) is 11.4 Å². The highest BCUT2D eigenvalue weighted by atomic mass is 16.5. The second kappa shape index (κ2) is 9.54. The summed E-state index contributed by atoms with van der Waals surface area (Å²) in [4.78, 5) is 22.3. The molecule has 4 rings (SSSR count). The van der Waals surface area contributed by atoms with Crippen LogP contribution in [-0.4, -0.2) is 30.2 Å². The number of hydrogen-bond donors (Lipinski definition) is 2. The van der Waals surface area contributed by atoms with Crippen LogP contribution in [0.3, 0.4) is 0 Å². The van der Waals surface area contributed by atoms with Gasteiger partial charge in [-0.15, -0.1) is 0 Å². The number of fused-ring (bicyclic) bond motifs is 1. The van der Waals surface area contributed by atoms with Crippen LogP contribution in [0, 0.1) is 6.92 Å². The van der Waals surface area contributed by atoms with Gasteiger partial charge in [-0.25, -0.2) is 4.99 Å². The maximum absolute atomic E-state index is 13.4. The topological polar surface area (TPSA) is 106 Å². The van der Waals surface area contributed by atoms with Crippen LogP contribution in [0.1, 0.15) is 21.6 Å². The molecular formula is C25H23N3O5. The number of nitrogens with zero attached hydrogens (tertiary/aromatic N) is 2. The van der Waals surface area contributed by atoms with E-state index in [0.29, 0.717) is 45.1 Å². The summed E-state index contributed by atoms with van der Waals surface area (Å²) in [7, 11) is 3.07. The van der Waals surface area contributed by atoms with E-state index in [4.69, 9.17) is 13.9 Å². The van der Waals surface area contributed by atoms with Gasteiger partial charge in [0, 0.05) is 17.1 Å². The lowest BCUT2D eigenvalue weighted by Crippen LogP contribution is -2.22. The summed E-state index contributed by atoms with van der Waals surface area (Å²) in [6.07, 6.45) is 1.56. The first-order chi connectivity index (χ1) is 16.0. The number of rotatable bonds is 6. The zero-order chi connectivity index (χ0) is 23.4. The summed E-state index contributed by atoms with van der Waals surface area (Å²) in [6.45, 7) is 1.53. The summed E-state index contributed by atoms with van der Waals surface area (Å²) in [5.74, 6) is 0.600. The van der Waals surface area contributed by atoms with Gasteiger partial charge in [-0.1, -0.05) is 24.3 Å². The zero-order valence-electron chi connectivity index (χ0n) is 18.5. The van der Waals surface area contributed by atoms with Crippen molar-refractivity contribution in [1.82, 2.24) is 4.98 Å². The number of anilines is 1. The highest BCUT2D eigenvalue weighted by molar-refractivity contribution is 6.06. The van der Waals surface area contributed by atoms with Crippen LogP contribution in [-0.2, 0) is 6.61 Å². The Kier molecular flexibility index (Phi) is 6.37. The van der Waals surface area contributed by atoms with Crippen LogP contribution in [0.15, 0.2) is 70.2 Å². The van der Waals surface area contributed by atoms with Crippen LogP contribution in [0.5, 0.6) is 11.5 Å². The second-order valence-electron chi connectivity index (χ2n) is 7.17. The fourth-order valence-electron chi connectivity index (χ4n) is 3.43. The summed E-state index contributed by atoms with van der Waals surface area (Å²) < 4.78 is 16.8. The van der Waals surface area contributed by atoms with Crippen molar-refractivity contribution >= 4 is 28.3 Å². The number of amides is 1. The minimum atomic E-state index is -0.447. The molecule has 0 spiro atoms. The molecule has 0 aliphatic heterocycles. The SMILES string of the molecule is COc1ccccc1N=c1oc2c(C)ncc(CO)c2cc1C(=O)Nc1ccccc1OC. The molecule has 33 heavy (non-hydrogen) atoms. The van der Waals surface area contributed by atoms with E-state index < -0.39 is 5.91 Å². The Morgan fingerprint density at radius 1 is 1.09 bits per heavy atom. The van der Waals surface area contributed by atoms with Crippen molar-refractivity contribution in [2.45, 2.75) is 13.5 Å². The Bertz CT molecular complexity index is 1390. The molecule has 8 nitrogen and oxygen atoms in total. The maximum atomic E-state index is 13.4. The molecule has 8 heteroatoms. The third-order valence-corrected chi connectivity index (χ3v) is 5.13. The molecule has 0 bridgehead atoms. The van der Waals surface area contributed by atoms with E-state index in [1.807, 2.05) is 18.2 Å². The van der Waals surface area contributed by atoms with Gasteiger partial charge < -0.3 is 24.3 Å². The van der Waals surface area contributed by atoms with Crippen LogP contribution < -0.4 is 20.3 Å². The molecule has 2 heterocycles. The first-order valence-electron chi connectivity index (χ1n) is 10.2. The van der Waals surface area contributed by atoms with Gasteiger partial charge in [-0.3, -0.25) is 9.78 Å². The largest absolute Gasteiger partial charge is 0.495 e. The number of methoxy groups -OCH3 is 2. The first kappa shape index (κ1) is 22.0. The van der Waals surface area contributed by atoms with Crippen LogP contribution >= 0.6 is 0 Å². The Labute approximate surface area is 190 Å². The van der Waals surface area contributed by atoms with Crippen molar-refractivity contribution < 1.29 is 23.8 Å². The number of aliphatic hydroxyl groups excluding tert-OH is 1. The van der Waals surface area contributed by atoms with Gasteiger partial charge in [-0.2, -0.15) is 0 Å². The van der Waals surface area contributed by atoms with E-state index in [1.54, 1.807) is 56.6 Å². The number of benzene rings is 2. The third-order valence-electron chi connectivity index (χ3n) is 5.13. The van der Waals surface area contributed by atoms with Crippen molar-refractivity contribution in [3.8, 4) is 11.5 Å². The molecule has 0 saturated carbocycles. The van der Waals surface area contributed by atoms with Gasteiger partial charge in [0.05, 0.1) is 32.2 Å². The monoisotopic (exact) mass is 445 g/mol. The van der Waals surface area contributed by atoms with E-state index in [-0.39, 0.29) is 17.7 Å². The lowest BCUT2D eigenvalue weighted by Gasteiger charge is -2.12. The second-order valence-corrected chi connectivity index (χ2v) is 7.17. The average Bonchev–Trinajstić information content (AvgIpc) is 2.85. The standard InChI is InChI=1S/C25H23N3O5/c1-15-23-17(16(14-29)13-26-15)12-18(24(30)27-19-8-4-6-10-21(19)31-2)25(33-23)28-20-9-5-7-11-22(20)32-3/h4-13,29H,14H2,1-3H3,(H,27,30). The summed E-state index contributed by atoms with van der Waals surface area (Å²) in [5, 5.41) is 13.2. The van der Waals surface area contributed by atoms with Crippen molar-refractivity contribution in [2.75, 3.05) is 19.5 Å². The van der Waals surface area contributed by atoms with Gasteiger partial charge in [0.25, 0.3) is 5.91 Å². The van der Waals surface area contributed by atoms with Gasteiger partial charge in [0.1, 0.15) is 22.7 Å².